The first-order valence-electron chi connectivity index (χ1n) is 6.70. The lowest BCUT2D eigenvalue weighted by Crippen LogP contribution is -1.90. The number of ether oxygens (including phenoxy) is 1. The minimum Gasteiger partial charge on any atom is -0.507 e. The van der Waals surface area contributed by atoms with Crippen LogP contribution in [0.5, 0.6) is 11.5 Å². The fourth-order valence-corrected chi connectivity index (χ4v) is 2.55. The molecule has 0 radical (unpaired) electrons. The van der Waals surface area contributed by atoms with Crippen LogP contribution < -0.4 is 4.74 Å². The number of halogens is 1. The molecule has 0 unspecified atom stereocenters. The molecule has 2 nitrogen and oxygen atoms in total. The summed E-state index contributed by atoms with van der Waals surface area (Å²) in [4.78, 5) is 0. The molecule has 106 valence electrons. The average Bonchev–Trinajstić information content (AvgIpc) is 2.52. The highest BCUT2D eigenvalue weighted by Gasteiger charge is 2.08. The van der Waals surface area contributed by atoms with E-state index in [1.807, 2.05) is 54.6 Å². The summed E-state index contributed by atoms with van der Waals surface area (Å²) < 4.78 is 5.21. The molecule has 0 aliphatic carbocycles. The molecule has 0 aliphatic rings. The van der Waals surface area contributed by atoms with E-state index in [9.17, 15) is 5.11 Å². The van der Waals surface area contributed by atoms with Crippen LogP contribution in [0, 0.1) is 0 Å². The SMILES string of the molecule is COc1ccc2c(O)c(Cc3ccc(Cl)cc3)ccc2c1. The van der Waals surface area contributed by atoms with Crippen molar-refractivity contribution < 1.29 is 9.84 Å². The van der Waals surface area contributed by atoms with Gasteiger partial charge in [0.15, 0.2) is 0 Å². The first kappa shape index (κ1) is 13.8. The second-order valence-electron chi connectivity index (χ2n) is 4.96. The largest absolute Gasteiger partial charge is 0.507 e. The topological polar surface area (TPSA) is 29.5 Å². The average molecular weight is 299 g/mol. The summed E-state index contributed by atoms with van der Waals surface area (Å²) in [6, 6.07) is 17.3. The third-order valence-electron chi connectivity index (χ3n) is 3.59. The number of fused-ring (bicyclic) bond motifs is 1. The molecule has 0 saturated carbocycles. The summed E-state index contributed by atoms with van der Waals surface area (Å²) >= 11 is 5.89. The zero-order valence-electron chi connectivity index (χ0n) is 11.6. The summed E-state index contributed by atoms with van der Waals surface area (Å²) in [6.45, 7) is 0. The Balaban J connectivity index is 1.99. The van der Waals surface area contributed by atoms with Crippen molar-refractivity contribution in [3.05, 3.63) is 70.7 Å². The number of phenols is 1. The number of hydrogen-bond donors (Lipinski definition) is 1. The molecule has 0 aromatic heterocycles. The van der Waals surface area contributed by atoms with Crippen molar-refractivity contribution in [1.29, 1.82) is 0 Å². The molecule has 0 bridgehead atoms. The van der Waals surface area contributed by atoms with Gasteiger partial charge in [0, 0.05) is 16.8 Å². The molecule has 0 atom stereocenters. The van der Waals surface area contributed by atoms with Crippen molar-refractivity contribution in [2.75, 3.05) is 7.11 Å². The van der Waals surface area contributed by atoms with Gasteiger partial charge in [0.2, 0.25) is 0 Å². The summed E-state index contributed by atoms with van der Waals surface area (Å²) in [6.07, 6.45) is 0.672. The second kappa shape index (κ2) is 5.66. The van der Waals surface area contributed by atoms with Crippen LogP contribution in [-0.4, -0.2) is 12.2 Å². The number of benzene rings is 3. The van der Waals surface area contributed by atoms with Gasteiger partial charge in [0.05, 0.1) is 7.11 Å². The standard InChI is InChI=1S/C18H15ClO2/c1-21-16-8-9-17-13(11-16)4-5-14(18(17)20)10-12-2-6-15(19)7-3-12/h2-9,11,20H,10H2,1H3. The van der Waals surface area contributed by atoms with E-state index < -0.39 is 0 Å². The number of phenolic OH excluding ortho intramolecular Hbond substituents is 1. The Morgan fingerprint density at radius 3 is 2.48 bits per heavy atom. The first-order chi connectivity index (χ1) is 10.2. The molecule has 0 amide bonds. The molecule has 1 N–H and O–H groups in total. The first-order valence-corrected chi connectivity index (χ1v) is 7.08. The molecule has 3 heteroatoms. The van der Waals surface area contributed by atoms with Gasteiger partial charge >= 0.3 is 0 Å². The van der Waals surface area contributed by atoms with Crippen LogP contribution in [0.15, 0.2) is 54.6 Å². The minimum absolute atomic E-state index is 0.324. The highest BCUT2D eigenvalue weighted by Crippen LogP contribution is 2.32. The van der Waals surface area contributed by atoms with Crippen molar-refractivity contribution in [1.82, 2.24) is 0 Å². The zero-order valence-corrected chi connectivity index (χ0v) is 12.4. The van der Waals surface area contributed by atoms with E-state index in [2.05, 4.69) is 0 Å². The molecule has 3 aromatic rings. The maximum absolute atomic E-state index is 10.5. The van der Waals surface area contributed by atoms with Crippen LogP contribution in [0.25, 0.3) is 10.8 Å². The van der Waals surface area contributed by atoms with Gasteiger partial charge in [-0.25, -0.2) is 0 Å². The van der Waals surface area contributed by atoms with E-state index in [0.717, 1.165) is 27.6 Å². The van der Waals surface area contributed by atoms with Gasteiger partial charge in [-0.05, 0) is 46.8 Å². The number of methoxy groups -OCH3 is 1. The fourth-order valence-electron chi connectivity index (χ4n) is 2.43. The zero-order chi connectivity index (χ0) is 14.8. The van der Waals surface area contributed by atoms with Gasteiger partial charge in [0.1, 0.15) is 11.5 Å². The summed E-state index contributed by atoms with van der Waals surface area (Å²) in [7, 11) is 1.63. The molecule has 0 fully saturated rings. The summed E-state index contributed by atoms with van der Waals surface area (Å²) in [5.41, 5.74) is 2.01. The lowest BCUT2D eigenvalue weighted by Gasteiger charge is -2.09. The lowest BCUT2D eigenvalue weighted by molar-refractivity contribution is 0.415. The minimum atomic E-state index is 0.324. The van der Waals surface area contributed by atoms with Crippen molar-refractivity contribution in [3.8, 4) is 11.5 Å². The maximum atomic E-state index is 10.5. The Morgan fingerprint density at radius 2 is 1.76 bits per heavy atom. The van der Waals surface area contributed by atoms with Crippen molar-refractivity contribution >= 4 is 22.4 Å². The van der Waals surface area contributed by atoms with Gasteiger partial charge in [0.25, 0.3) is 0 Å². The quantitative estimate of drug-likeness (QED) is 0.753. The number of rotatable bonds is 3. The molecule has 3 aromatic carbocycles. The Hall–Kier alpha value is -2.19. The Bertz CT molecular complexity index is 779. The van der Waals surface area contributed by atoms with Crippen molar-refractivity contribution in [2.24, 2.45) is 0 Å². The fraction of sp³-hybridized carbons (Fsp3) is 0.111. The number of aromatic hydroxyl groups is 1. The van der Waals surface area contributed by atoms with Gasteiger partial charge < -0.3 is 9.84 Å². The third-order valence-corrected chi connectivity index (χ3v) is 3.84. The monoisotopic (exact) mass is 298 g/mol. The highest BCUT2D eigenvalue weighted by atomic mass is 35.5. The van der Waals surface area contributed by atoms with Crippen LogP contribution in [0.4, 0.5) is 0 Å². The van der Waals surface area contributed by atoms with Crippen LogP contribution in [0.2, 0.25) is 5.02 Å². The molecular formula is C18H15ClO2. The van der Waals surface area contributed by atoms with E-state index in [0.29, 0.717) is 17.2 Å². The van der Waals surface area contributed by atoms with E-state index >= 15 is 0 Å². The molecule has 21 heavy (non-hydrogen) atoms. The van der Waals surface area contributed by atoms with Crippen LogP contribution in [-0.2, 0) is 6.42 Å². The molecule has 0 spiro atoms. The maximum Gasteiger partial charge on any atom is 0.126 e. The summed E-state index contributed by atoms with van der Waals surface area (Å²) in [5.74, 6) is 1.11. The van der Waals surface area contributed by atoms with Crippen LogP contribution in [0.3, 0.4) is 0 Å². The van der Waals surface area contributed by atoms with E-state index in [4.69, 9.17) is 16.3 Å². The highest BCUT2D eigenvalue weighted by molar-refractivity contribution is 6.30. The molecule has 3 rings (SSSR count). The Labute approximate surface area is 128 Å². The summed E-state index contributed by atoms with van der Waals surface area (Å²) in [5, 5.41) is 13.0. The van der Waals surface area contributed by atoms with Gasteiger partial charge in [-0.3, -0.25) is 0 Å². The molecule has 0 aliphatic heterocycles. The van der Waals surface area contributed by atoms with Gasteiger partial charge in [-0.15, -0.1) is 0 Å². The normalized spacial score (nSPS) is 10.8. The lowest BCUT2D eigenvalue weighted by atomic mass is 9.99. The predicted octanol–water partition coefficient (Wildman–Crippen LogP) is 4.80. The van der Waals surface area contributed by atoms with Crippen molar-refractivity contribution in [2.45, 2.75) is 6.42 Å². The Kier molecular flexibility index (Phi) is 3.72. The van der Waals surface area contributed by atoms with Gasteiger partial charge in [-0.2, -0.15) is 0 Å². The second-order valence-corrected chi connectivity index (χ2v) is 5.40. The Morgan fingerprint density at radius 1 is 1.00 bits per heavy atom. The molecule has 0 heterocycles. The predicted molar refractivity (Wildman–Crippen MR) is 86.4 cm³/mol. The third kappa shape index (κ3) is 2.81. The number of hydrogen-bond acceptors (Lipinski definition) is 2. The molecular weight excluding hydrogens is 284 g/mol. The van der Waals surface area contributed by atoms with Gasteiger partial charge in [-0.1, -0.05) is 35.9 Å². The smallest absolute Gasteiger partial charge is 0.126 e. The van der Waals surface area contributed by atoms with Crippen LogP contribution >= 0.6 is 11.6 Å². The molecule has 0 saturated heterocycles. The van der Waals surface area contributed by atoms with Crippen LogP contribution in [0.1, 0.15) is 11.1 Å². The van der Waals surface area contributed by atoms with E-state index in [-0.39, 0.29) is 0 Å². The van der Waals surface area contributed by atoms with Crippen molar-refractivity contribution in [3.63, 3.8) is 0 Å². The van der Waals surface area contributed by atoms with E-state index in [1.165, 1.54) is 0 Å². The van der Waals surface area contributed by atoms with E-state index in [1.54, 1.807) is 7.11 Å².